The summed E-state index contributed by atoms with van der Waals surface area (Å²) in [6.45, 7) is 0.955. The van der Waals surface area contributed by atoms with E-state index >= 15 is 0 Å². The molecule has 176 valence electrons. The summed E-state index contributed by atoms with van der Waals surface area (Å²) < 4.78 is 15.6. The Bertz CT molecular complexity index is 1340. The summed E-state index contributed by atoms with van der Waals surface area (Å²) in [7, 11) is 0. The smallest absolute Gasteiger partial charge is 0.272 e. The minimum atomic E-state index is -0.393. The van der Waals surface area contributed by atoms with E-state index in [-0.39, 0.29) is 11.5 Å². The second-order valence-corrected chi connectivity index (χ2v) is 9.97. The van der Waals surface area contributed by atoms with E-state index in [2.05, 4.69) is 10.3 Å². The zero-order chi connectivity index (χ0) is 23.9. The number of benzene rings is 2. The molecule has 2 aromatic carbocycles. The van der Waals surface area contributed by atoms with Crippen molar-refractivity contribution in [3.63, 3.8) is 0 Å². The van der Waals surface area contributed by atoms with Gasteiger partial charge in [0.05, 0.1) is 5.52 Å². The fourth-order valence-corrected chi connectivity index (χ4v) is 5.61. The monoisotopic (exact) mass is 515 g/mol. The molecule has 1 N–H and O–H groups in total. The third-order valence-electron chi connectivity index (χ3n) is 5.27. The highest BCUT2D eigenvalue weighted by atomic mass is 35.5. The number of amides is 1. The van der Waals surface area contributed by atoms with Crippen molar-refractivity contribution in [2.24, 2.45) is 0 Å². The van der Waals surface area contributed by atoms with Gasteiger partial charge in [-0.25, -0.2) is 9.37 Å². The fraction of sp³-hybridized carbons (Fsp3) is 0.240. The van der Waals surface area contributed by atoms with Gasteiger partial charge in [-0.15, -0.1) is 11.3 Å². The molecule has 2 heterocycles. The molecule has 0 spiro atoms. The number of hydrogen-bond acceptors (Lipinski definition) is 5. The van der Waals surface area contributed by atoms with Crippen molar-refractivity contribution in [3.05, 3.63) is 92.3 Å². The van der Waals surface area contributed by atoms with Crippen LogP contribution in [0.1, 0.15) is 24.0 Å². The van der Waals surface area contributed by atoms with Crippen molar-refractivity contribution in [3.8, 4) is 0 Å². The standard InChI is InChI=1S/C25H23ClFN3O2S2/c26-20-15-19(27)9-8-18(20)16-34-25-29-21-11-14-33-23(21)24(32)30(25)13-4-7-22(31)28-12-10-17-5-2-1-3-6-17/h1-3,5-6,8-9,11,14-15H,4,7,10,12-13,16H2,(H,28,31). The molecule has 0 fully saturated rings. The number of fused-ring (bicyclic) bond motifs is 1. The van der Waals surface area contributed by atoms with Crippen LogP contribution in [-0.4, -0.2) is 22.0 Å². The molecule has 0 bridgehead atoms. The maximum atomic E-state index is 13.4. The number of hydrogen-bond donors (Lipinski definition) is 1. The minimum absolute atomic E-state index is 0.0403. The van der Waals surface area contributed by atoms with Crippen LogP contribution in [0.25, 0.3) is 10.2 Å². The van der Waals surface area contributed by atoms with E-state index in [4.69, 9.17) is 11.6 Å². The average molecular weight is 516 g/mol. The molecule has 0 saturated carbocycles. The normalized spacial score (nSPS) is 11.1. The fourth-order valence-electron chi connectivity index (χ4n) is 3.49. The van der Waals surface area contributed by atoms with Gasteiger partial charge >= 0.3 is 0 Å². The van der Waals surface area contributed by atoms with Crippen LogP contribution in [0.5, 0.6) is 0 Å². The van der Waals surface area contributed by atoms with Crippen molar-refractivity contribution in [1.82, 2.24) is 14.9 Å². The molecule has 0 aliphatic rings. The summed E-state index contributed by atoms with van der Waals surface area (Å²) in [5, 5.41) is 5.68. The third kappa shape index (κ3) is 6.25. The predicted octanol–water partition coefficient (Wildman–Crippen LogP) is 5.68. The topological polar surface area (TPSA) is 64.0 Å². The lowest BCUT2D eigenvalue weighted by Gasteiger charge is -2.12. The van der Waals surface area contributed by atoms with E-state index in [1.54, 1.807) is 10.6 Å². The zero-order valence-corrected chi connectivity index (χ0v) is 20.7. The van der Waals surface area contributed by atoms with Gasteiger partial charge in [-0.2, -0.15) is 0 Å². The van der Waals surface area contributed by atoms with Crippen LogP contribution in [0.4, 0.5) is 4.39 Å². The van der Waals surface area contributed by atoms with Gasteiger partial charge in [0.25, 0.3) is 5.56 Å². The molecule has 1 amide bonds. The lowest BCUT2D eigenvalue weighted by molar-refractivity contribution is -0.121. The molecule has 0 radical (unpaired) electrons. The molecule has 0 atom stereocenters. The number of nitrogens with zero attached hydrogens (tertiary/aromatic N) is 2. The van der Waals surface area contributed by atoms with Crippen LogP contribution in [0.3, 0.4) is 0 Å². The maximum absolute atomic E-state index is 13.4. The second kappa shape index (κ2) is 11.6. The molecule has 4 aromatic rings. The van der Waals surface area contributed by atoms with E-state index in [9.17, 15) is 14.0 Å². The number of carbonyl (C=O) groups is 1. The minimum Gasteiger partial charge on any atom is -0.356 e. The predicted molar refractivity (Wildman–Crippen MR) is 137 cm³/mol. The molecule has 4 rings (SSSR count). The largest absolute Gasteiger partial charge is 0.356 e. The second-order valence-electron chi connectivity index (χ2n) is 7.70. The van der Waals surface area contributed by atoms with Gasteiger partial charge in [0, 0.05) is 30.3 Å². The van der Waals surface area contributed by atoms with E-state index in [1.165, 1.54) is 40.8 Å². The number of carbonyl (C=O) groups excluding carboxylic acids is 1. The highest BCUT2D eigenvalue weighted by molar-refractivity contribution is 7.98. The molecule has 0 aliphatic heterocycles. The van der Waals surface area contributed by atoms with E-state index in [0.29, 0.717) is 52.1 Å². The Kier molecular flexibility index (Phi) is 8.37. The Labute approximate surface area is 210 Å². The highest BCUT2D eigenvalue weighted by Crippen LogP contribution is 2.27. The molecule has 9 heteroatoms. The van der Waals surface area contributed by atoms with Crippen LogP contribution in [0.2, 0.25) is 5.02 Å². The van der Waals surface area contributed by atoms with Crippen LogP contribution >= 0.6 is 34.7 Å². The molecule has 0 aliphatic carbocycles. The van der Waals surface area contributed by atoms with Gasteiger partial charge in [-0.1, -0.05) is 59.8 Å². The number of thiophene rings is 1. The van der Waals surface area contributed by atoms with Gasteiger partial charge in [-0.3, -0.25) is 14.2 Å². The number of nitrogens with one attached hydrogen (secondary N) is 1. The number of halogens is 2. The molecule has 0 unspecified atom stereocenters. The van der Waals surface area contributed by atoms with E-state index in [0.717, 1.165) is 12.0 Å². The maximum Gasteiger partial charge on any atom is 0.272 e. The van der Waals surface area contributed by atoms with Gasteiger partial charge in [-0.05, 0) is 47.5 Å². The number of rotatable bonds is 10. The van der Waals surface area contributed by atoms with Crippen molar-refractivity contribution in [1.29, 1.82) is 0 Å². The summed E-state index contributed by atoms with van der Waals surface area (Å²) in [6.07, 6.45) is 1.61. The van der Waals surface area contributed by atoms with Crippen LogP contribution in [0, 0.1) is 5.82 Å². The zero-order valence-electron chi connectivity index (χ0n) is 18.3. The number of aromatic nitrogens is 2. The Morgan fingerprint density at radius 2 is 2.00 bits per heavy atom. The van der Waals surface area contributed by atoms with Crippen molar-refractivity contribution < 1.29 is 9.18 Å². The first-order valence-corrected chi connectivity index (χ1v) is 13.1. The lowest BCUT2D eigenvalue weighted by Crippen LogP contribution is -2.27. The lowest BCUT2D eigenvalue weighted by atomic mass is 10.1. The Hall–Kier alpha value is -2.68. The summed E-state index contributed by atoms with van der Waals surface area (Å²) >= 11 is 8.89. The van der Waals surface area contributed by atoms with Crippen LogP contribution < -0.4 is 10.9 Å². The summed E-state index contributed by atoms with van der Waals surface area (Å²) in [6, 6.07) is 16.1. The first-order valence-electron chi connectivity index (χ1n) is 10.9. The molecular weight excluding hydrogens is 493 g/mol. The summed E-state index contributed by atoms with van der Waals surface area (Å²) in [5.41, 5.74) is 2.47. The number of thioether (sulfide) groups is 1. The summed E-state index contributed by atoms with van der Waals surface area (Å²) in [5.74, 6) is 0.0122. The summed E-state index contributed by atoms with van der Waals surface area (Å²) in [4.78, 5) is 30.0. The first kappa shape index (κ1) is 24.4. The highest BCUT2D eigenvalue weighted by Gasteiger charge is 2.14. The molecule has 5 nitrogen and oxygen atoms in total. The Morgan fingerprint density at radius 1 is 1.18 bits per heavy atom. The molecule has 0 saturated heterocycles. The van der Waals surface area contributed by atoms with Gasteiger partial charge in [0.1, 0.15) is 10.5 Å². The first-order chi connectivity index (χ1) is 16.5. The Morgan fingerprint density at radius 3 is 2.79 bits per heavy atom. The van der Waals surface area contributed by atoms with Gasteiger partial charge in [0.15, 0.2) is 5.16 Å². The third-order valence-corrected chi connectivity index (χ3v) is 7.54. The van der Waals surface area contributed by atoms with E-state index in [1.807, 2.05) is 41.8 Å². The quantitative estimate of drug-likeness (QED) is 0.218. The van der Waals surface area contributed by atoms with Crippen LogP contribution in [-0.2, 0) is 23.5 Å². The van der Waals surface area contributed by atoms with Crippen molar-refractivity contribution in [2.45, 2.75) is 36.7 Å². The van der Waals surface area contributed by atoms with Gasteiger partial charge < -0.3 is 5.32 Å². The van der Waals surface area contributed by atoms with Crippen molar-refractivity contribution >= 4 is 50.8 Å². The van der Waals surface area contributed by atoms with Crippen LogP contribution in [0.15, 0.2) is 69.9 Å². The molecular formula is C25H23ClFN3O2S2. The van der Waals surface area contributed by atoms with E-state index < -0.39 is 5.82 Å². The molecule has 34 heavy (non-hydrogen) atoms. The van der Waals surface area contributed by atoms with Crippen molar-refractivity contribution in [2.75, 3.05) is 6.54 Å². The Balaban J connectivity index is 1.39. The van der Waals surface area contributed by atoms with Gasteiger partial charge in [0.2, 0.25) is 5.91 Å². The average Bonchev–Trinajstić information content (AvgIpc) is 3.30. The SMILES string of the molecule is O=C(CCCn1c(SCc2ccc(F)cc2Cl)nc2ccsc2c1=O)NCCc1ccccc1. The molecule has 2 aromatic heterocycles.